The molecule has 0 aliphatic carbocycles. The third-order valence-corrected chi connectivity index (χ3v) is 3.81. The zero-order valence-electron chi connectivity index (χ0n) is 11.9. The van der Waals surface area contributed by atoms with Crippen LogP contribution in [0.15, 0.2) is 60.7 Å². The largest absolute Gasteiger partial charge is 0.478 e. The Hall–Kier alpha value is -2.85. The molecule has 0 atom stereocenters. The molecule has 0 unspecified atom stereocenters. The molecule has 0 spiro atoms. The summed E-state index contributed by atoms with van der Waals surface area (Å²) in [6.07, 6.45) is 0. The van der Waals surface area contributed by atoms with Crippen LogP contribution in [0.25, 0.3) is 10.8 Å². The van der Waals surface area contributed by atoms with Gasteiger partial charge in [0.05, 0.1) is 21.8 Å². The number of benzene rings is 3. The van der Waals surface area contributed by atoms with Gasteiger partial charge in [-0.15, -0.1) is 0 Å². The van der Waals surface area contributed by atoms with Crippen LogP contribution in [-0.4, -0.2) is 17.0 Å². The third kappa shape index (κ3) is 3.03. The van der Waals surface area contributed by atoms with Crippen molar-refractivity contribution in [2.45, 2.75) is 0 Å². The summed E-state index contributed by atoms with van der Waals surface area (Å²) < 4.78 is 0. The van der Waals surface area contributed by atoms with Crippen LogP contribution in [-0.2, 0) is 0 Å². The van der Waals surface area contributed by atoms with Gasteiger partial charge >= 0.3 is 5.97 Å². The maximum absolute atomic E-state index is 12.4. The van der Waals surface area contributed by atoms with E-state index >= 15 is 0 Å². The van der Waals surface area contributed by atoms with Crippen molar-refractivity contribution in [2.24, 2.45) is 0 Å². The molecule has 0 heterocycles. The topological polar surface area (TPSA) is 66.4 Å². The second-order valence-electron chi connectivity index (χ2n) is 4.98. The number of amides is 1. The molecule has 1 amide bonds. The summed E-state index contributed by atoms with van der Waals surface area (Å²) in [5.41, 5.74) is 0.559. The van der Waals surface area contributed by atoms with Gasteiger partial charge in [-0.05, 0) is 35.0 Å². The molecule has 0 saturated heterocycles. The molecule has 0 bridgehead atoms. The van der Waals surface area contributed by atoms with Gasteiger partial charge in [0, 0.05) is 0 Å². The molecule has 0 radical (unpaired) electrons. The van der Waals surface area contributed by atoms with E-state index < -0.39 is 11.9 Å². The van der Waals surface area contributed by atoms with Crippen LogP contribution in [0.2, 0.25) is 5.02 Å². The van der Waals surface area contributed by atoms with Crippen LogP contribution >= 0.6 is 11.6 Å². The molecule has 0 aliphatic heterocycles. The van der Waals surface area contributed by atoms with E-state index in [1.54, 1.807) is 36.4 Å². The normalized spacial score (nSPS) is 10.5. The van der Waals surface area contributed by atoms with Gasteiger partial charge in [0.15, 0.2) is 0 Å². The molecule has 0 aromatic heterocycles. The second-order valence-corrected chi connectivity index (χ2v) is 5.39. The molecule has 0 fully saturated rings. The fraction of sp³-hybridized carbons (Fsp3) is 0. The van der Waals surface area contributed by atoms with Crippen molar-refractivity contribution < 1.29 is 14.7 Å². The molecule has 0 aliphatic rings. The Bertz CT molecular complexity index is 921. The van der Waals surface area contributed by atoms with E-state index in [0.717, 1.165) is 10.8 Å². The summed E-state index contributed by atoms with van der Waals surface area (Å²) in [7, 11) is 0. The van der Waals surface area contributed by atoms with Crippen LogP contribution in [0, 0.1) is 0 Å². The molecular formula is C18H12ClNO3. The third-order valence-electron chi connectivity index (χ3n) is 3.48. The molecular weight excluding hydrogens is 314 g/mol. The second kappa shape index (κ2) is 6.10. The lowest BCUT2D eigenvalue weighted by Gasteiger charge is -2.11. The highest BCUT2D eigenvalue weighted by Crippen LogP contribution is 2.25. The zero-order chi connectivity index (χ0) is 16.4. The fourth-order valence-corrected chi connectivity index (χ4v) is 2.58. The summed E-state index contributed by atoms with van der Waals surface area (Å²) >= 11 is 6.01. The van der Waals surface area contributed by atoms with Crippen molar-refractivity contribution in [1.29, 1.82) is 0 Å². The average molecular weight is 326 g/mol. The van der Waals surface area contributed by atoms with Crippen molar-refractivity contribution >= 4 is 39.9 Å². The molecule has 3 aromatic rings. The van der Waals surface area contributed by atoms with E-state index in [4.69, 9.17) is 11.6 Å². The maximum atomic E-state index is 12.4. The van der Waals surface area contributed by atoms with Gasteiger partial charge in [0.25, 0.3) is 5.91 Å². The number of carboxylic acids is 1. The van der Waals surface area contributed by atoms with Crippen molar-refractivity contribution in [3.8, 4) is 0 Å². The van der Waals surface area contributed by atoms with Gasteiger partial charge in [-0.1, -0.05) is 48.0 Å². The van der Waals surface area contributed by atoms with Crippen molar-refractivity contribution in [3.05, 3.63) is 76.8 Å². The quantitative estimate of drug-likeness (QED) is 0.748. The number of anilines is 1. The number of aromatic carboxylic acids is 1. The lowest BCUT2D eigenvalue weighted by atomic mass is 10.0. The fourth-order valence-electron chi connectivity index (χ4n) is 2.36. The molecule has 4 nitrogen and oxygen atoms in total. The minimum Gasteiger partial charge on any atom is -0.478 e. The first kappa shape index (κ1) is 15.1. The molecule has 3 rings (SSSR count). The van der Waals surface area contributed by atoms with E-state index in [2.05, 4.69) is 5.32 Å². The number of carboxylic acid groups (broad SMARTS) is 1. The smallest absolute Gasteiger partial charge is 0.337 e. The van der Waals surface area contributed by atoms with E-state index in [0.29, 0.717) is 10.6 Å². The Labute approximate surface area is 137 Å². The minimum absolute atomic E-state index is 0.0316. The standard InChI is InChI=1S/C18H12ClNO3/c19-15-8-4-3-7-13(15)17(21)20-16-10-12-6-2-1-5-11(12)9-14(16)18(22)23/h1-10H,(H,20,21)(H,22,23). The highest BCUT2D eigenvalue weighted by molar-refractivity contribution is 6.34. The number of fused-ring (bicyclic) bond motifs is 1. The lowest BCUT2D eigenvalue weighted by molar-refractivity contribution is 0.0698. The van der Waals surface area contributed by atoms with E-state index in [-0.39, 0.29) is 11.3 Å². The van der Waals surface area contributed by atoms with Crippen molar-refractivity contribution in [1.82, 2.24) is 0 Å². The molecule has 114 valence electrons. The van der Waals surface area contributed by atoms with Gasteiger partial charge in [-0.25, -0.2) is 4.79 Å². The summed E-state index contributed by atoms with van der Waals surface area (Å²) in [4.78, 5) is 23.8. The van der Waals surface area contributed by atoms with Crippen LogP contribution in [0.4, 0.5) is 5.69 Å². The van der Waals surface area contributed by atoms with Gasteiger partial charge in [-0.2, -0.15) is 0 Å². The zero-order valence-corrected chi connectivity index (χ0v) is 12.7. The molecule has 0 saturated carbocycles. The minimum atomic E-state index is -1.11. The van der Waals surface area contributed by atoms with Gasteiger partial charge in [0.1, 0.15) is 0 Å². The van der Waals surface area contributed by atoms with Gasteiger partial charge < -0.3 is 10.4 Å². The van der Waals surface area contributed by atoms with Crippen molar-refractivity contribution in [3.63, 3.8) is 0 Å². The van der Waals surface area contributed by atoms with Gasteiger partial charge in [0.2, 0.25) is 0 Å². The highest BCUT2D eigenvalue weighted by atomic mass is 35.5. The Morgan fingerprint density at radius 2 is 1.48 bits per heavy atom. The first-order valence-electron chi connectivity index (χ1n) is 6.88. The highest BCUT2D eigenvalue weighted by Gasteiger charge is 2.16. The average Bonchev–Trinajstić information content (AvgIpc) is 2.54. The van der Waals surface area contributed by atoms with Gasteiger partial charge in [-0.3, -0.25) is 4.79 Å². The number of halogens is 1. The summed E-state index contributed by atoms with van der Waals surface area (Å²) in [5.74, 6) is -1.56. The Balaban J connectivity index is 2.05. The van der Waals surface area contributed by atoms with E-state index in [1.807, 2.05) is 24.3 Å². The lowest BCUT2D eigenvalue weighted by Crippen LogP contribution is -2.15. The van der Waals surface area contributed by atoms with Crippen LogP contribution in [0.5, 0.6) is 0 Å². The predicted octanol–water partition coefficient (Wildman–Crippen LogP) is 4.44. The first-order valence-corrected chi connectivity index (χ1v) is 7.26. The SMILES string of the molecule is O=C(Nc1cc2ccccc2cc1C(=O)O)c1ccccc1Cl. The first-order chi connectivity index (χ1) is 11.1. The van der Waals surface area contributed by atoms with E-state index in [9.17, 15) is 14.7 Å². The Morgan fingerprint density at radius 3 is 2.13 bits per heavy atom. The van der Waals surface area contributed by atoms with Crippen LogP contribution in [0.3, 0.4) is 0 Å². The van der Waals surface area contributed by atoms with Crippen LogP contribution in [0.1, 0.15) is 20.7 Å². The molecule has 23 heavy (non-hydrogen) atoms. The van der Waals surface area contributed by atoms with Crippen molar-refractivity contribution in [2.75, 3.05) is 5.32 Å². The number of rotatable bonds is 3. The number of carbonyl (C=O) groups is 2. The molecule has 5 heteroatoms. The maximum Gasteiger partial charge on any atom is 0.337 e. The monoisotopic (exact) mass is 325 g/mol. The molecule has 2 N–H and O–H groups in total. The van der Waals surface area contributed by atoms with Crippen LogP contribution < -0.4 is 5.32 Å². The Morgan fingerprint density at radius 1 is 0.870 bits per heavy atom. The number of hydrogen-bond acceptors (Lipinski definition) is 2. The summed E-state index contributed by atoms with van der Waals surface area (Å²) in [5, 5.41) is 14.0. The number of hydrogen-bond donors (Lipinski definition) is 2. The summed E-state index contributed by atoms with van der Waals surface area (Å²) in [6.45, 7) is 0. The number of carbonyl (C=O) groups excluding carboxylic acids is 1. The predicted molar refractivity (Wildman–Crippen MR) is 90.3 cm³/mol. The Kier molecular flexibility index (Phi) is 4.00. The number of nitrogens with one attached hydrogen (secondary N) is 1. The molecule has 3 aromatic carbocycles. The van der Waals surface area contributed by atoms with E-state index in [1.165, 1.54) is 0 Å². The summed E-state index contributed by atoms with van der Waals surface area (Å²) in [6, 6.07) is 17.1.